The SMILES string of the molecule is CC(C)n1c(-c2csc3ccccc23)nc2c(Nc3ccc(N4CCOCC4)cc3)ncnc21. The molecule has 1 N–H and O–H groups in total. The number of imidazole rings is 1. The van der Waals surface area contributed by atoms with E-state index < -0.39 is 0 Å². The Bertz CT molecular complexity index is 1450. The first kappa shape index (κ1) is 21.1. The molecule has 5 aromatic rings. The van der Waals surface area contributed by atoms with E-state index in [0.717, 1.165) is 54.5 Å². The number of hydrogen-bond donors (Lipinski definition) is 1. The lowest BCUT2D eigenvalue weighted by molar-refractivity contribution is 0.122. The second-order valence-electron chi connectivity index (χ2n) is 8.71. The predicted octanol–water partition coefficient (Wildman–Crippen LogP) is 5.87. The highest BCUT2D eigenvalue weighted by Gasteiger charge is 2.21. The van der Waals surface area contributed by atoms with E-state index in [2.05, 4.69) is 92.5 Å². The van der Waals surface area contributed by atoms with E-state index in [9.17, 15) is 0 Å². The first-order valence-corrected chi connectivity index (χ1v) is 12.5. The number of rotatable bonds is 5. The number of thiophene rings is 1. The van der Waals surface area contributed by atoms with Crippen molar-refractivity contribution in [3.63, 3.8) is 0 Å². The second-order valence-corrected chi connectivity index (χ2v) is 9.62. The average Bonchev–Trinajstić information content (AvgIpc) is 3.47. The molecule has 0 unspecified atom stereocenters. The Morgan fingerprint density at radius 1 is 1.00 bits per heavy atom. The summed E-state index contributed by atoms with van der Waals surface area (Å²) in [5.41, 5.74) is 4.92. The number of hydrogen-bond acceptors (Lipinski definition) is 7. The van der Waals surface area contributed by atoms with E-state index in [4.69, 9.17) is 9.72 Å². The number of nitrogens with zero attached hydrogens (tertiary/aromatic N) is 5. The zero-order valence-corrected chi connectivity index (χ0v) is 20.0. The Labute approximate surface area is 202 Å². The molecule has 8 heteroatoms. The first-order chi connectivity index (χ1) is 16.7. The summed E-state index contributed by atoms with van der Waals surface area (Å²) >= 11 is 1.74. The lowest BCUT2D eigenvalue weighted by Gasteiger charge is -2.28. The average molecular weight is 471 g/mol. The fraction of sp³-hybridized carbons (Fsp3) is 0.269. The molecule has 0 radical (unpaired) electrons. The van der Waals surface area contributed by atoms with Gasteiger partial charge in [-0.2, -0.15) is 0 Å². The molecule has 0 bridgehead atoms. The van der Waals surface area contributed by atoms with Crippen molar-refractivity contribution >= 4 is 49.8 Å². The summed E-state index contributed by atoms with van der Waals surface area (Å²) in [4.78, 5) is 16.6. The molecule has 0 amide bonds. The summed E-state index contributed by atoms with van der Waals surface area (Å²) in [5.74, 6) is 1.64. The van der Waals surface area contributed by atoms with Gasteiger partial charge >= 0.3 is 0 Å². The van der Waals surface area contributed by atoms with Crippen LogP contribution >= 0.6 is 11.3 Å². The van der Waals surface area contributed by atoms with E-state index in [1.807, 2.05) is 0 Å². The minimum absolute atomic E-state index is 0.203. The Kier molecular flexibility index (Phi) is 5.39. The molecule has 1 saturated heterocycles. The van der Waals surface area contributed by atoms with Gasteiger partial charge in [-0.1, -0.05) is 18.2 Å². The zero-order valence-electron chi connectivity index (χ0n) is 19.2. The Balaban J connectivity index is 1.39. The zero-order chi connectivity index (χ0) is 23.1. The summed E-state index contributed by atoms with van der Waals surface area (Å²) in [5, 5.41) is 6.88. The van der Waals surface area contributed by atoms with Crippen LogP contribution in [0.3, 0.4) is 0 Å². The highest BCUT2D eigenvalue weighted by molar-refractivity contribution is 7.17. The van der Waals surface area contributed by atoms with Gasteiger partial charge in [0.1, 0.15) is 12.2 Å². The monoisotopic (exact) mass is 470 g/mol. The third kappa shape index (κ3) is 3.69. The van der Waals surface area contributed by atoms with Crippen LogP contribution in [0.15, 0.2) is 60.2 Å². The van der Waals surface area contributed by atoms with Gasteiger partial charge in [0.2, 0.25) is 0 Å². The first-order valence-electron chi connectivity index (χ1n) is 11.6. The van der Waals surface area contributed by atoms with Crippen LogP contribution < -0.4 is 10.2 Å². The number of anilines is 3. The number of benzene rings is 2. The molecule has 0 saturated carbocycles. The Morgan fingerprint density at radius 2 is 1.79 bits per heavy atom. The van der Waals surface area contributed by atoms with Gasteiger partial charge in [0.15, 0.2) is 17.0 Å². The van der Waals surface area contributed by atoms with Crippen molar-refractivity contribution in [1.29, 1.82) is 0 Å². The van der Waals surface area contributed by atoms with Crippen LogP contribution in [0.4, 0.5) is 17.2 Å². The van der Waals surface area contributed by atoms with Crippen LogP contribution in [0.5, 0.6) is 0 Å². The van der Waals surface area contributed by atoms with Crippen molar-refractivity contribution in [3.05, 3.63) is 60.2 Å². The van der Waals surface area contributed by atoms with Crippen LogP contribution in [-0.2, 0) is 4.74 Å². The molecule has 4 heterocycles. The number of ether oxygens (including phenoxy) is 1. The topological polar surface area (TPSA) is 68.1 Å². The van der Waals surface area contributed by atoms with E-state index in [0.29, 0.717) is 5.82 Å². The molecule has 0 spiro atoms. The minimum Gasteiger partial charge on any atom is -0.378 e. The lowest BCUT2D eigenvalue weighted by Crippen LogP contribution is -2.36. The van der Waals surface area contributed by atoms with Crippen molar-refractivity contribution < 1.29 is 4.74 Å². The molecule has 3 aromatic heterocycles. The molecule has 0 atom stereocenters. The standard InChI is InChI=1S/C26H26N6OS/c1-17(2)32-25(21-15-34-22-6-4-3-5-20(21)22)30-23-24(27-16-28-26(23)32)29-18-7-9-19(10-8-18)31-11-13-33-14-12-31/h3-10,15-17H,11-14H2,1-2H3,(H,27,28,29). The largest absolute Gasteiger partial charge is 0.378 e. The maximum atomic E-state index is 5.47. The predicted molar refractivity (Wildman–Crippen MR) is 139 cm³/mol. The molecule has 1 aliphatic rings. The van der Waals surface area contributed by atoms with Crippen molar-refractivity contribution in [2.45, 2.75) is 19.9 Å². The van der Waals surface area contributed by atoms with Gasteiger partial charge < -0.3 is 19.5 Å². The summed E-state index contributed by atoms with van der Waals surface area (Å²) < 4.78 is 8.93. The fourth-order valence-corrected chi connectivity index (χ4v) is 5.48. The van der Waals surface area contributed by atoms with Gasteiger partial charge in [0, 0.05) is 51.5 Å². The van der Waals surface area contributed by atoms with Crippen LogP contribution in [0.1, 0.15) is 19.9 Å². The van der Waals surface area contributed by atoms with Crippen molar-refractivity contribution in [3.8, 4) is 11.4 Å². The molecule has 0 aliphatic carbocycles. The highest BCUT2D eigenvalue weighted by atomic mass is 32.1. The number of fused-ring (bicyclic) bond motifs is 2. The number of aromatic nitrogens is 4. The molecule has 2 aromatic carbocycles. The Morgan fingerprint density at radius 3 is 2.59 bits per heavy atom. The van der Waals surface area contributed by atoms with Gasteiger partial charge in [0.05, 0.1) is 13.2 Å². The second kappa shape index (κ2) is 8.70. The molecular weight excluding hydrogens is 444 g/mol. The fourth-order valence-electron chi connectivity index (χ4n) is 4.54. The lowest BCUT2D eigenvalue weighted by atomic mass is 10.1. The van der Waals surface area contributed by atoms with Crippen LogP contribution in [0, 0.1) is 0 Å². The van der Waals surface area contributed by atoms with Crippen molar-refractivity contribution in [2.75, 3.05) is 36.5 Å². The van der Waals surface area contributed by atoms with Crippen LogP contribution in [0.25, 0.3) is 32.6 Å². The molecule has 6 rings (SSSR count). The molecular formula is C26H26N6OS. The molecule has 1 fully saturated rings. The Hall–Kier alpha value is -3.49. The molecule has 7 nitrogen and oxygen atoms in total. The van der Waals surface area contributed by atoms with E-state index in [1.54, 1.807) is 17.7 Å². The molecule has 172 valence electrons. The smallest absolute Gasteiger partial charge is 0.166 e. The minimum atomic E-state index is 0.203. The third-order valence-electron chi connectivity index (χ3n) is 6.22. The summed E-state index contributed by atoms with van der Waals surface area (Å²) in [6.45, 7) is 7.73. The van der Waals surface area contributed by atoms with Gasteiger partial charge in [-0.25, -0.2) is 15.0 Å². The van der Waals surface area contributed by atoms with Gasteiger partial charge in [-0.15, -0.1) is 11.3 Å². The normalized spacial score (nSPS) is 14.4. The summed E-state index contributed by atoms with van der Waals surface area (Å²) in [6.07, 6.45) is 1.61. The highest BCUT2D eigenvalue weighted by Crippen LogP contribution is 2.37. The van der Waals surface area contributed by atoms with E-state index >= 15 is 0 Å². The number of nitrogens with one attached hydrogen (secondary N) is 1. The van der Waals surface area contributed by atoms with Gasteiger partial charge in [-0.05, 0) is 44.2 Å². The number of morpholine rings is 1. The quantitative estimate of drug-likeness (QED) is 0.347. The van der Waals surface area contributed by atoms with Gasteiger partial charge in [0.25, 0.3) is 0 Å². The van der Waals surface area contributed by atoms with Gasteiger partial charge in [-0.3, -0.25) is 0 Å². The van der Waals surface area contributed by atoms with Crippen LogP contribution in [-0.4, -0.2) is 45.8 Å². The van der Waals surface area contributed by atoms with Crippen molar-refractivity contribution in [2.24, 2.45) is 0 Å². The molecule has 1 aliphatic heterocycles. The summed E-state index contributed by atoms with van der Waals surface area (Å²) in [6, 6.07) is 17.1. The van der Waals surface area contributed by atoms with Crippen molar-refractivity contribution in [1.82, 2.24) is 19.5 Å². The van der Waals surface area contributed by atoms with E-state index in [-0.39, 0.29) is 6.04 Å². The van der Waals surface area contributed by atoms with Crippen LogP contribution in [0.2, 0.25) is 0 Å². The maximum absolute atomic E-state index is 5.47. The maximum Gasteiger partial charge on any atom is 0.166 e. The molecule has 34 heavy (non-hydrogen) atoms. The van der Waals surface area contributed by atoms with E-state index in [1.165, 1.54) is 15.8 Å². The third-order valence-corrected chi connectivity index (χ3v) is 7.19. The summed E-state index contributed by atoms with van der Waals surface area (Å²) in [7, 11) is 0.